The third-order valence-corrected chi connectivity index (χ3v) is 3.76. The van der Waals surface area contributed by atoms with Gasteiger partial charge >= 0.3 is 5.97 Å². The van der Waals surface area contributed by atoms with Crippen LogP contribution in [-0.4, -0.2) is 38.5 Å². The van der Waals surface area contributed by atoms with Crippen molar-refractivity contribution in [1.29, 1.82) is 0 Å². The number of carbonyl (C=O) groups is 2. The molecule has 1 aliphatic heterocycles. The number of rotatable bonds is 2. The van der Waals surface area contributed by atoms with E-state index in [4.69, 9.17) is 11.6 Å². The molecule has 2 unspecified atom stereocenters. The van der Waals surface area contributed by atoms with Crippen LogP contribution in [0.1, 0.15) is 24.7 Å². The topological polar surface area (TPSA) is 75.4 Å². The Morgan fingerprint density at radius 1 is 1.56 bits per heavy atom. The van der Waals surface area contributed by atoms with Gasteiger partial charge in [0.05, 0.1) is 12.1 Å². The molecule has 0 aromatic carbocycles. The van der Waals surface area contributed by atoms with Crippen LogP contribution < -0.4 is 0 Å². The van der Waals surface area contributed by atoms with Gasteiger partial charge in [-0.05, 0) is 6.42 Å². The highest BCUT2D eigenvalue weighted by atomic mass is 35.5. The van der Waals surface area contributed by atoms with Crippen molar-refractivity contribution in [3.63, 3.8) is 0 Å². The van der Waals surface area contributed by atoms with E-state index in [1.54, 1.807) is 18.7 Å². The first-order chi connectivity index (χ1) is 8.43. The molecule has 1 aliphatic rings. The molecule has 1 amide bonds. The summed E-state index contributed by atoms with van der Waals surface area (Å²) in [5.41, 5.74) is 0. The van der Waals surface area contributed by atoms with Crippen LogP contribution >= 0.6 is 11.6 Å². The Hall–Kier alpha value is -1.56. The van der Waals surface area contributed by atoms with Crippen molar-refractivity contribution in [2.75, 3.05) is 7.05 Å². The van der Waals surface area contributed by atoms with Gasteiger partial charge in [0, 0.05) is 20.5 Å². The molecule has 0 saturated carbocycles. The Balaban J connectivity index is 2.44. The number of nitrogens with zero attached hydrogens (tertiary/aromatic N) is 3. The molecule has 1 saturated heterocycles. The monoisotopic (exact) mass is 271 g/mol. The number of hydrogen-bond acceptors (Lipinski definition) is 3. The fourth-order valence-corrected chi connectivity index (χ4v) is 2.46. The first-order valence-corrected chi connectivity index (χ1v) is 5.97. The van der Waals surface area contributed by atoms with Crippen LogP contribution in [-0.2, 0) is 16.6 Å². The summed E-state index contributed by atoms with van der Waals surface area (Å²) in [7, 11) is 3.31. The summed E-state index contributed by atoms with van der Waals surface area (Å²) in [5.74, 6) is -1.14. The number of imidazole rings is 1. The van der Waals surface area contributed by atoms with Crippen LogP contribution in [0, 0.1) is 5.92 Å². The molecule has 0 radical (unpaired) electrons. The number of aliphatic carboxylic acids is 1. The van der Waals surface area contributed by atoms with Gasteiger partial charge in [0.1, 0.15) is 17.0 Å². The molecule has 2 heterocycles. The van der Waals surface area contributed by atoms with E-state index in [1.807, 2.05) is 0 Å². The third-order valence-electron chi connectivity index (χ3n) is 3.41. The Morgan fingerprint density at radius 2 is 2.22 bits per heavy atom. The standard InChI is InChI=1S/C11H14ClN3O3/c1-14-7(12)5-13-10(14)9-6(11(17)18)3-4-8(16)15(9)2/h5-6,9H,3-4H2,1-2H3,(H,17,18). The average Bonchev–Trinajstić information content (AvgIpc) is 2.63. The predicted octanol–water partition coefficient (Wildman–Crippen LogP) is 1.07. The summed E-state index contributed by atoms with van der Waals surface area (Å²) in [4.78, 5) is 28.6. The number of halogens is 1. The van der Waals surface area contributed by atoms with E-state index in [0.29, 0.717) is 17.4 Å². The zero-order valence-corrected chi connectivity index (χ0v) is 10.9. The fraction of sp³-hybridized carbons (Fsp3) is 0.545. The SMILES string of the molecule is CN1C(=O)CCC(C(=O)O)C1c1ncc(Cl)n1C. The smallest absolute Gasteiger partial charge is 0.309 e. The lowest BCUT2D eigenvalue weighted by Crippen LogP contribution is -2.44. The van der Waals surface area contributed by atoms with Crippen molar-refractivity contribution in [3.8, 4) is 0 Å². The van der Waals surface area contributed by atoms with E-state index in [0.717, 1.165) is 0 Å². The highest BCUT2D eigenvalue weighted by molar-refractivity contribution is 6.29. The van der Waals surface area contributed by atoms with Crippen LogP contribution in [0.2, 0.25) is 5.15 Å². The number of likely N-dealkylation sites (tertiary alicyclic amines) is 1. The normalized spacial score (nSPS) is 24.4. The summed E-state index contributed by atoms with van der Waals surface area (Å²) in [6.07, 6.45) is 2.04. The second kappa shape index (κ2) is 4.61. The highest BCUT2D eigenvalue weighted by Gasteiger charge is 2.41. The van der Waals surface area contributed by atoms with Gasteiger partial charge in [-0.15, -0.1) is 0 Å². The van der Waals surface area contributed by atoms with E-state index < -0.39 is 17.9 Å². The lowest BCUT2D eigenvalue weighted by molar-refractivity contribution is -0.151. The summed E-state index contributed by atoms with van der Waals surface area (Å²) < 4.78 is 1.61. The summed E-state index contributed by atoms with van der Waals surface area (Å²) in [5, 5.41) is 9.68. The first kappa shape index (κ1) is 12.9. The molecule has 7 heteroatoms. The molecule has 1 N–H and O–H groups in total. The Kier molecular flexibility index (Phi) is 3.30. The Labute approximate surface area is 109 Å². The fourth-order valence-electron chi connectivity index (χ4n) is 2.33. The van der Waals surface area contributed by atoms with Gasteiger partial charge in [0.25, 0.3) is 0 Å². The highest BCUT2D eigenvalue weighted by Crippen LogP contribution is 2.35. The number of carboxylic acid groups (broad SMARTS) is 1. The molecule has 1 aromatic heterocycles. The number of carboxylic acids is 1. The summed E-state index contributed by atoms with van der Waals surface area (Å²) in [6.45, 7) is 0. The molecule has 0 aliphatic carbocycles. The maximum Gasteiger partial charge on any atom is 0.309 e. The molecular weight excluding hydrogens is 258 g/mol. The minimum Gasteiger partial charge on any atom is -0.481 e. The van der Waals surface area contributed by atoms with Gasteiger partial charge in [-0.1, -0.05) is 11.6 Å². The molecule has 18 heavy (non-hydrogen) atoms. The molecule has 0 bridgehead atoms. The number of aromatic nitrogens is 2. The molecule has 6 nitrogen and oxygen atoms in total. The molecular formula is C11H14ClN3O3. The molecule has 1 fully saturated rings. The maximum absolute atomic E-state index is 11.7. The van der Waals surface area contributed by atoms with Crippen LogP contribution in [0.15, 0.2) is 6.20 Å². The van der Waals surface area contributed by atoms with E-state index in [1.165, 1.54) is 11.1 Å². The van der Waals surface area contributed by atoms with Crippen molar-refractivity contribution in [3.05, 3.63) is 17.2 Å². The second-order valence-corrected chi connectivity index (χ2v) is 4.82. The van der Waals surface area contributed by atoms with Gasteiger partial charge < -0.3 is 14.6 Å². The molecule has 98 valence electrons. The van der Waals surface area contributed by atoms with Gasteiger partial charge in [0.2, 0.25) is 5.91 Å². The summed E-state index contributed by atoms with van der Waals surface area (Å²) >= 11 is 5.91. The van der Waals surface area contributed by atoms with E-state index in [2.05, 4.69) is 4.98 Å². The van der Waals surface area contributed by atoms with E-state index >= 15 is 0 Å². The zero-order valence-electron chi connectivity index (χ0n) is 10.1. The minimum absolute atomic E-state index is 0.0726. The number of amides is 1. The second-order valence-electron chi connectivity index (χ2n) is 4.43. The van der Waals surface area contributed by atoms with Crippen molar-refractivity contribution in [2.24, 2.45) is 13.0 Å². The number of hydrogen-bond donors (Lipinski definition) is 1. The van der Waals surface area contributed by atoms with Crippen molar-refractivity contribution in [2.45, 2.75) is 18.9 Å². The Morgan fingerprint density at radius 3 is 2.72 bits per heavy atom. The van der Waals surface area contributed by atoms with E-state index in [9.17, 15) is 14.7 Å². The van der Waals surface area contributed by atoms with Crippen LogP contribution in [0.25, 0.3) is 0 Å². The first-order valence-electron chi connectivity index (χ1n) is 5.59. The number of piperidine rings is 1. The van der Waals surface area contributed by atoms with Gasteiger partial charge in [-0.25, -0.2) is 4.98 Å². The van der Waals surface area contributed by atoms with Crippen LogP contribution in [0.3, 0.4) is 0 Å². The molecule has 1 aromatic rings. The Bertz CT molecular complexity index is 500. The quantitative estimate of drug-likeness (QED) is 0.873. The minimum atomic E-state index is -0.918. The van der Waals surface area contributed by atoms with Crippen LogP contribution in [0.5, 0.6) is 0 Å². The van der Waals surface area contributed by atoms with Gasteiger partial charge in [-0.2, -0.15) is 0 Å². The van der Waals surface area contributed by atoms with Crippen LogP contribution in [0.4, 0.5) is 0 Å². The predicted molar refractivity (Wildman–Crippen MR) is 64.1 cm³/mol. The summed E-state index contributed by atoms with van der Waals surface area (Å²) in [6, 6.07) is -0.568. The third kappa shape index (κ3) is 1.96. The van der Waals surface area contributed by atoms with Gasteiger partial charge in [0.15, 0.2) is 0 Å². The molecule has 2 rings (SSSR count). The van der Waals surface area contributed by atoms with E-state index in [-0.39, 0.29) is 12.3 Å². The lowest BCUT2D eigenvalue weighted by atomic mass is 9.88. The van der Waals surface area contributed by atoms with Crippen molar-refractivity contribution >= 4 is 23.5 Å². The number of carbonyl (C=O) groups excluding carboxylic acids is 1. The van der Waals surface area contributed by atoms with Gasteiger partial charge in [-0.3, -0.25) is 9.59 Å². The molecule has 2 atom stereocenters. The average molecular weight is 272 g/mol. The molecule has 0 spiro atoms. The largest absolute Gasteiger partial charge is 0.481 e. The maximum atomic E-state index is 11.7. The van der Waals surface area contributed by atoms with Crippen molar-refractivity contribution < 1.29 is 14.7 Å². The lowest BCUT2D eigenvalue weighted by Gasteiger charge is -2.36. The zero-order chi connectivity index (χ0) is 13.4. The van der Waals surface area contributed by atoms with Crippen molar-refractivity contribution in [1.82, 2.24) is 14.5 Å².